The lowest BCUT2D eigenvalue weighted by atomic mass is 9.96. The maximum Gasteiger partial charge on any atom is 0.220 e. The van der Waals surface area contributed by atoms with E-state index in [1.165, 1.54) is 6.26 Å². The molecule has 1 heterocycles. The van der Waals surface area contributed by atoms with E-state index in [4.69, 9.17) is 0 Å². The number of carbonyl (C=O) groups excluding carboxylic acids is 1. The molecule has 1 saturated heterocycles. The highest BCUT2D eigenvalue weighted by Crippen LogP contribution is 2.13. The number of hydrogen-bond acceptors (Lipinski definition) is 4. The first-order valence-corrected chi connectivity index (χ1v) is 8.10. The van der Waals surface area contributed by atoms with Gasteiger partial charge in [0.25, 0.3) is 0 Å². The van der Waals surface area contributed by atoms with Crippen LogP contribution in [0.15, 0.2) is 0 Å². The molecule has 0 aromatic heterocycles. The third kappa shape index (κ3) is 6.63. The molecule has 5 nitrogen and oxygen atoms in total. The second-order valence-corrected chi connectivity index (χ2v) is 7.16. The Morgan fingerprint density at radius 2 is 2.24 bits per heavy atom. The SMILES string of the molecule is CC(CS(C)(=O)=O)NC(=O)CC1CCCNC1. The molecule has 2 atom stereocenters. The van der Waals surface area contributed by atoms with Crippen LogP contribution in [0.4, 0.5) is 0 Å². The molecular formula is C11H22N2O3S. The Labute approximate surface area is 103 Å². The zero-order chi connectivity index (χ0) is 12.9. The van der Waals surface area contributed by atoms with E-state index >= 15 is 0 Å². The molecule has 1 aliphatic heterocycles. The number of rotatable bonds is 5. The molecule has 2 N–H and O–H groups in total. The van der Waals surface area contributed by atoms with Gasteiger partial charge in [0.15, 0.2) is 0 Å². The van der Waals surface area contributed by atoms with Crippen molar-refractivity contribution in [1.29, 1.82) is 0 Å². The molecular weight excluding hydrogens is 240 g/mol. The quantitative estimate of drug-likeness (QED) is 0.727. The van der Waals surface area contributed by atoms with E-state index in [0.29, 0.717) is 12.3 Å². The molecule has 1 fully saturated rings. The smallest absolute Gasteiger partial charge is 0.220 e. The summed E-state index contributed by atoms with van der Waals surface area (Å²) in [5, 5.41) is 5.99. The van der Waals surface area contributed by atoms with Crippen molar-refractivity contribution in [3.8, 4) is 0 Å². The van der Waals surface area contributed by atoms with Gasteiger partial charge in [-0.3, -0.25) is 4.79 Å². The van der Waals surface area contributed by atoms with E-state index in [1.807, 2.05) is 0 Å². The first-order valence-electron chi connectivity index (χ1n) is 6.04. The monoisotopic (exact) mass is 262 g/mol. The fourth-order valence-electron chi connectivity index (χ4n) is 2.19. The summed E-state index contributed by atoms with van der Waals surface area (Å²) in [7, 11) is -3.03. The molecule has 1 rings (SSSR count). The zero-order valence-electron chi connectivity index (χ0n) is 10.5. The highest BCUT2D eigenvalue weighted by atomic mass is 32.2. The second kappa shape index (κ2) is 6.35. The van der Waals surface area contributed by atoms with Gasteiger partial charge in [-0.1, -0.05) is 0 Å². The summed E-state index contributed by atoms with van der Waals surface area (Å²) in [6, 6.07) is -0.311. The molecule has 6 heteroatoms. The minimum Gasteiger partial charge on any atom is -0.353 e. The number of hydrogen-bond donors (Lipinski definition) is 2. The molecule has 2 unspecified atom stereocenters. The molecule has 0 bridgehead atoms. The van der Waals surface area contributed by atoms with Gasteiger partial charge in [0, 0.05) is 18.7 Å². The predicted molar refractivity (Wildman–Crippen MR) is 67.5 cm³/mol. The lowest BCUT2D eigenvalue weighted by molar-refractivity contribution is -0.122. The van der Waals surface area contributed by atoms with E-state index in [0.717, 1.165) is 25.9 Å². The summed E-state index contributed by atoms with van der Waals surface area (Å²) in [4.78, 5) is 11.7. The van der Waals surface area contributed by atoms with Gasteiger partial charge in [-0.2, -0.15) is 0 Å². The van der Waals surface area contributed by atoms with Gasteiger partial charge in [0.05, 0.1) is 5.75 Å². The van der Waals surface area contributed by atoms with E-state index in [-0.39, 0.29) is 17.7 Å². The topological polar surface area (TPSA) is 75.3 Å². The van der Waals surface area contributed by atoms with E-state index < -0.39 is 9.84 Å². The molecule has 1 aliphatic rings. The Balaban J connectivity index is 2.28. The molecule has 17 heavy (non-hydrogen) atoms. The third-order valence-corrected chi connectivity index (χ3v) is 3.94. The summed E-state index contributed by atoms with van der Waals surface area (Å²) in [6.07, 6.45) is 3.85. The van der Waals surface area contributed by atoms with Crippen LogP contribution in [0, 0.1) is 5.92 Å². The van der Waals surface area contributed by atoms with E-state index in [2.05, 4.69) is 10.6 Å². The number of carbonyl (C=O) groups is 1. The van der Waals surface area contributed by atoms with Crippen molar-refractivity contribution in [3.63, 3.8) is 0 Å². The maximum absolute atomic E-state index is 11.7. The van der Waals surface area contributed by atoms with Crippen molar-refractivity contribution >= 4 is 15.7 Å². The minimum absolute atomic E-state index is 0.00164. The van der Waals surface area contributed by atoms with Crippen molar-refractivity contribution in [2.24, 2.45) is 5.92 Å². The van der Waals surface area contributed by atoms with Crippen LogP contribution in [-0.4, -0.2) is 45.5 Å². The molecule has 0 saturated carbocycles. The average Bonchev–Trinajstić information content (AvgIpc) is 2.15. The fraction of sp³-hybridized carbons (Fsp3) is 0.909. The molecule has 0 aromatic rings. The standard InChI is InChI=1S/C11H22N2O3S/c1-9(8-17(2,15)16)13-11(14)6-10-4-3-5-12-7-10/h9-10,12H,3-8H2,1-2H3,(H,13,14). The van der Waals surface area contributed by atoms with E-state index in [1.54, 1.807) is 6.92 Å². The number of sulfone groups is 1. The molecule has 0 spiro atoms. The molecule has 0 aromatic carbocycles. The number of nitrogens with one attached hydrogen (secondary N) is 2. The maximum atomic E-state index is 11.7. The Kier molecular flexibility index (Phi) is 5.39. The van der Waals surface area contributed by atoms with E-state index in [9.17, 15) is 13.2 Å². The van der Waals surface area contributed by atoms with Crippen LogP contribution in [0.25, 0.3) is 0 Å². The van der Waals surface area contributed by atoms with Gasteiger partial charge in [0.2, 0.25) is 5.91 Å². The van der Waals surface area contributed by atoms with Crippen LogP contribution >= 0.6 is 0 Å². The van der Waals surface area contributed by atoms with Crippen molar-refractivity contribution < 1.29 is 13.2 Å². The van der Waals surface area contributed by atoms with Crippen molar-refractivity contribution in [2.45, 2.75) is 32.2 Å². The van der Waals surface area contributed by atoms with Crippen LogP contribution in [-0.2, 0) is 14.6 Å². The molecule has 100 valence electrons. The fourth-order valence-corrected chi connectivity index (χ4v) is 3.18. The lowest BCUT2D eigenvalue weighted by Gasteiger charge is -2.23. The highest BCUT2D eigenvalue weighted by molar-refractivity contribution is 7.90. The van der Waals surface area contributed by atoms with Gasteiger partial charge in [-0.05, 0) is 38.8 Å². The van der Waals surface area contributed by atoms with Crippen LogP contribution in [0.2, 0.25) is 0 Å². The summed E-state index contributed by atoms with van der Waals surface area (Å²) in [5.74, 6) is 0.339. The summed E-state index contributed by atoms with van der Waals surface area (Å²) >= 11 is 0. The predicted octanol–water partition coefficient (Wildman–Crippen LogP) is -0.0746. The van der Waals surface area contributed by atoms with Crippen molar-refractivity contribution in [3.05, 3.63) is 0 Å². The van der Waals surface area contributed by atoms with Crippen LogP contribution < -0.4 is 10.6 Å². The second-order valence-electron chi connectivity index (χ2n) is 4.98. The van der Waals surface area contributed by atoms with Gasteiger partial charge >= 0.3 is 0 Å². The normalized spacial score (nSPS) is 23.1. The molecule has 1 amide bonds. The Hall–Kier alpha value is -0.620. The van der Waals surface area contributed by atoms with Gasteiger partial charge in [-0.15, -0.1) is 0 Å². The van der Waals surface area contributed by atoms with Crippen LogP contribution in [0.3, 0.4) is 0 Å². The first-order chi connectivity index (χ1) is 7.87. The zero-order valence-corrected chi connectivity index (χ0v) is 11.3. The largest absolute Gasteiger partial charge is 0.353 e. The summed E-state index contributed by atoms with van der Waals surface area (Å²) in [6.45, 7) is 3.63. The Morgan fingerprint density at radius 1 is 1.53 bits per heavy atom. The van der Waals surface area contributed by atoms with Gasteiger partial charge in [-0.25, -0.2) is 8.42 Å². The lowest BCUT2D eigenvalue weighted by Crippen LogP contribution is -2.40. The first kappa shape index (κ1) is 14.4. The van der Waals surface area contributed by atoms with Crippen molar-refractivity contribution in [2.75, 3.05) is 25.1 Å². The average molecular weight is 262 g/mol. The van der Waals surface area contributed by atoms with Crippen LogP contribution in [0.5, 0.6) is 0 Å². The Morgan fingerprint density at radius 3 is 2.76 bits per heavy atom. The van der Waals surface area contributed by atoms with Crippen molar-refractivity contribution in [1.82, 2.24) is 10.6 Å². The summed E-state index contributed by atoms with van der Waals surface area (Å²) in [5.41, 5.74) is 0. The molecule has 0 radical (unpaired) electrons. The molecule has 0 aliphatic carbocycles. The minimum atomic E-state index is -3.03. The number of piperidine rings is 1. The highest BCUT2D eigenvalue weighted by Gasteiger charge is 2.18. The van der Waals surface area contributed by atoms with Gasteiger partial charge < -0.3 is 10.6 Å². The van der Waals surface area contributed by atoms with Gasteiger partial charge in [0.1, 0.15) is 9.84 Å². The summed E-state index contributed by atoms with van der Waals surface area (Å²) < 4.78 is 22.1. The number of amides is 1. The van der Waals surface area contributed by atoms with Crippen LogP contribution in [0.1, 0.15) is 26.2 Å². The third-order valence-electron chi connectivity index (χ3n) is 2.83. The Bertz CT molecular complexity index is 348.